The first-order valence-corrected chi connectivity index (χ1v) is 10.6. The van der Waals surface area contributed by atoms with Gasteiger partial charge in [0.25, 0.3) is 5.91 Å². The molecular formula is C21H14F6N2O3S. The van der Waals surface area contributed by atoms with E-state index in [2.05, 4.69) is 10.3 Å². The maximum atomic E-state index is 13.0. The predicted octanol–water partition coefficient (Wildman–Crippen LogP) is 4.88. The third-order valence-electron chi connectivity index (χ3n) is 4.49. The number of aromatic nitrogens is 1. The number of pyridine rings is 1. The van der Waals surface area contributed by atoms with Gasteiger partial charge < -0.3 is 5.32 Å². The number of benzene rings is 2. The van der Waals surface area contributed by atoms with Crippen molar-refractivity contribution in [2.45, 2.75) is 28.7 Å². The molecule has 0 fully saturated rings. The minimum atomic E-state index is -4.74. The molecule has 0 aliphatic rings. The molecule has 5 nitrogen and oxygen atoms in total. The molecule has 0 radical (unpaired) electrons. The molecule has 0 unspecified atom stereocenters. The predicted molar refractivity (Wildman–Crippen MR) is 104 cm³/mol. The smallest absolute Gasteiger partial charge is 0.348 e. The van der Waals surface area contributed by atoms with Crippen molar-refractivity contribution in [3.05, 3.63) is 89.2 Å². The van der Waals surface area contributed by atoms with Crippen LogP contribution in [-0.2, 0) is 28.7 Å². The number of amides is 1. The zero-order valence-electron chi connectivity index (χ0n) is 16.4. The van der Waals surface area contributed by atoms with Gasteiger partial charge in [0, 0.05) is 12.7 Å². The number of rotatable bonds is 5. The first-order valence-electron chi connectivity index (χ1n) is 9.12. The molecule has 1 amide bonds. The van der Waals surface area contributed by atoms with E-state index in [1.165, 1.54) is 24.3 Å². The lowest BCUT2D eigenvalue weighted by Gasteiger charge is -2.13. The van der Waals surface area contributed by atoms with E-state index in [-0.39, 0.29) is 22.6 Å². The van der Waals surface area contributed by atoms with E-state index in [1.807, 2.05) is 0 Å². The summed E-state index contributed by atoms with van der Waals surface area (Å²) in [7, 11) is -4.38. The van der Waals surface area contributed by atoms with Crippen LogP contribution < -0.4 is 5.32 Å². The highest BCUT2D eigenvalue weighted by Gasteiger charge is 2.33. The molecular weight excluding hydrogens is 474 g/mol. The van der Waals surface area contributed by atoms with E-state index in [9.17, 15) is 39.6 Å². The normalized spacial score (nSPS) is 12.4. The van der Waals surface area contributed by atoms with Crippen molar-refractivity contribution in [1.29, 1.82) is 0 Å². The minimum Gasteiger partial charge on any atom is -0.348 e. The minimum absolute atomic E-state index is 0.0723. The van der Waals surface area contributed by atoms with Crippen LogP contribution in [0.1, 0.15) is 27.2 Å². The molecule has 3 rings (SSSR count). The quantitative estimate of drug-likeness (QED) is 0.520. The zero-order chi connectivity index (χ0) is 24.4. The highest BCUT2D eigenvalue weighted by atomic mass is 32.2. The molecule has 3 aromatic rings. The summed E-state index contributed by atoms with van der Waals surface area (Å²) in [4.78, 5) is 14.5. The molecule has 0 aliphatic carbocycles. The van der Waals surface area contributed by atoms with E-state index in [4.69, 9.17) is 0 Å². The molecule has 2 aromatic carbocycles. The van der Waals surface area contributed by atoms with E-state index < -0.39 is 44.2 Å². The summed E-state index contributed by atoms with van der Waals surface area (Å²) in [6.07, 6.45) is -8.69. The standard InChI is InChI=1S/C21H14F6N2O3S/c22-20(23,24)15-5-3-6-16(10-15)33(31,32)17-7-2-1-4-13(17)11-29-19(30)14-8-9-18(28-12-14)21(25,26)27/h1-10,12H,11H2,(H,29,30). The van der Waals surface area contributed by atoms with E-state index in [0.717, 1.165) is 30.5 Å². The van der Waals surface area contributed by atoms with Crippen molar-refractivity contribution in [3.8, 4) is 0 Å². The van der Waals surface area contributed by atoms with Gasteiger partial charge in [0.05, 0.1) is 20.9 Å². The van der Waals surface area contributed by atoms with Crippen LogP contribution in [0, 0.1) is 0 Å². The van der Waals surface area contributed by atoms with E-state index in [1.54, 1.807) is 0 Å². The number of hydrogen-bond donors (Lipinski definition) is 1. The number of sulfone groups is 1. The largest absolute Gasteiger partial charge is 0.433 e. The van der Waals surface area contributed by atoms with Gasteiger partial charge in [0.15, 0.2) is 0 Å². The van der Waals surface area contributed by atoms with Crippen molar-refractivity contribution in [1.82, 2.24) is 10.3 Å². The summed E-state index contributed by atoms with van der Waals surface area (Å²) in [5.41, 5.74) is -2.44. The Morgan fingerprint density at radius 1 is 0.879 bits per heavy atom. The lowest BCUT2D eigenvalue weighted by atomic mass is 10.2. The van der Waals surface area contributed by atoms with Gasteiger partial charge in [-0.3, -0.25) is 9.78 Å². The fraction of sp³-hybridized carbons (Fsp3) is 0.143. The molecule has 12 heteroatoms. The Kier molecular flexibility index (Phi) is 6.50. The van der Waals surface area contributed by atoms with Crippen LogP contribution >= 0.6 is 0 Å². The summed E-state index contributed by atoms with van der Waals surface area (Å²) < 4.78 is 103. The Morgan fingerprint density at radius 2 is 1.58 bits per heavy atom. The third-order valence-corrected chi connectivity index (χ3v) is 6.34. The van der Waals surface area contributed by atoms with Gasteiger partial charge in [-0.1, -0.05) is 24.3 Å². The number of alkyl halides is 6. The first kappa shape index (κ1) is 24.2. The van der Waals surface area contributed by atoms with Crippen LogP contribution in [0.2, 0.25) is 0 Å². The van der Waals surface area contributed by atoms with Crippen LogP contribution in [0.15, 0.2) is 76.7 Å². The number of hydrogen-bond acceptors (Lipinski definition) is 4. The van der Waals surface area contributed by atoms with Gasteiger partial charge in [0.1, 0.15) is 5.69 Å². The van der Waals surface area contributed by atoms with Gasteiger partial charge in [-0.05, 0) is 42.0 Å². The van der Waals surface area contributed by atoms with Gasteiger partial charge >= 0.3 is 12.4 Å². The van der Waals surface area contributed by atoms with E-state index >= 15 is 0 Å². The number of nitrogens with one attached hydrogen (secondary N) is 1. The Morgan fingerprint density at radius 3 is 2.18 bits per heavy atom. The summed E-state index contributed by atoms with van der Waals surface area (Å²) in [6.45, 7) is -0.353. The SMILES string of the molecule is O=C(NCc1ccccc1S(=O)(=O)c1cccc(C(F)(F)F)c1)c1ccc(C(F)(F)F)nc1. The van der Waals surface area contributed by atoms with Crippen molar-refractivity contribution in [2.24, 2.45) is 0 Å². The molecule has 0 aliphatic heterocycles. The molecule has 0 spiro atoms. The molecule has 1 N–H and O–H groups in total. The first-order chi connectivity index (χ1) is 15.3. The van der Waals surface area contributed by atoms with Crippen LogP contribution in [0.25, 0.3) is 0 Å². The monoisotopic (exact) mass is 488 g/mol. The summed E-state index contributed by atoms with van der Waals surface area (Å²) in [5, 5.41) is 2.37. The maximum Gasteiger partial charge on any atom is 0.433 e. The topological polar surface area (TPSA) is 76.1 Å². The fourth-order valence-electron chi connectivity index (χ4n) is 2.85. The fourth-order valence-corrected chi connectivity index (χ4v) is 4.39. The Labute approximate surface area is 184 Å². The second-order valence-electron chi connectivity index (χ2n) is 6.75. The Bertz CT molecular complexity index is 1270. The van der Waals surface area contributed by atoms with Gasteiger partial charge in [-0.15, -0.1) is 0 Å². The zero-order valence-corrected chi connectivity index (χ0v) is 17.2. The second-order valence-corrected chi connectivity index (χ2v) is 8.67. The van der Waals surface area contributed by atoms with Crippen LogP contribution in [0.3, 0.4) is 0 Å². The molecule has 1 heterocycles. The summed E-state index contributed by atoms with van der Waals surface area (Å²) >= 11 is 0. The molecule has 1 aromatic heterocycles. The van der Waals surface area contributed by atoms with Gasteiger partial charge in [-0.2, -0.15) is 26.3 Å². The number of carbonyl (C=O) groups excluding carboxylic acids is 1. The van der Waals surface area contributed by atoms with Crippen molar-refractivity contribution >= 4 is 15.7 Å². The Balaban J connectivity index is 1.84. The van der Waals surface area contributed by atoms with Crippen LogP contribution in [0.4, 0.5) is 26.3 Å². The average molecular weight is 488 g/mol. The lowest BCUT2D eigenvalue weighted by Crippen LogP contribution is -2.24. The Hall–Kier alpha value is -3.41. The molecule has 0 atom stereocenters. The molecule has 0 saturated heterocycles. The summed E-state index contributed by atoms with van der Waals surface area (Å²) in [5.74, 6) is -0.817. The lowest BCUT2D eigenvalue weighted by molar-refractivity contribution is -0.141. The molecule has 174 valence electrons. The van der Waals surface area contributed by atoms with E-state index in [0.29, 0.717) is 12.1 Å². The average Bonchev–Trinajstić information content (AvgIpc) is 2.76. The third kappa shape index (κ3) is 5.51. The number of carbonyl (C=O) groups is 1. The molecule has 0 bridgehead atoms. The number of nitrogens with zero attached hydrogens (tertiary/aromatic N) is 1. The van der Waals surface area contributed by atoms with Crippen molar-refractivity contribution in [2.75, 3.05) is 0 Å². The highest BCUT2D eigenvalue weighted by Crippen LogP contribution is 2.32. The second kappa shape index (κ2) is 8.85. The summed E-state index contributed by atoms with van der Waals surface area (Å²) in [6, 6.07) is 10.1. The molecule has 0 saturated carbocycles. The number of halogens is 6. The highest BCUT2D eigenvalue weighted by molar-refractivity contribution is 7.91. The maximum absolute atomic E-state index is 13.0. The van der Waals surface area contributed by atoms with Crippen molar-refractivity contribution in [3.63, 3.8) is 0 Å². The van der Waals surface area contributed by atoms with Crippen LogP contribution in [0.5, 0.6) is 0 Å². The van der Waals surface area contributed by atoms with Crippen molar-refractivity contribution < 1.29 is 39.6 Å². The van der Waals surface area contributed by atoms with Gasteiger partial charge in [0.2, 0.25) is 9.84 Å². The van der Waals surface area contributed by atoms with Gasteiger partial charge in [-0.25, -0.2) is 8.42 Å². The molecule has 33 heavy (non-hydrogen) atoms. The van der Waals surface area contributed by atoms with Crippen LogP contribution in [-0.4, -0.2) is 19.3 Å².